The van der Waals surface area contributed by atoms with Gasteiger partial charge in [0.15, 0.2) is 0 Å². The largest absolute Gasteiger partial charge is 0.490 e. The van der Waals surface area contributed by atoms with Gasteiger partial charge in [0.05, 0.1) is 18.0 Å². The molecule has 1 aliphatic carbocycles. The first kappa shape index (κ1) is 31.4. The predicted molar refractivity (Wildman–Crippen MR) is 137 cm³/mol. The van der Waals surface area contributed by atoms with Gasteiger partial charge in [0, 0.05) is 5.75 Å². The van der Waals surface area contributed by atoms with E-state index in [0.717, 1.165) is 19.3 Å². The third kappa shape index (κ3) is 8.35. The fourth-order valence-electron chi connectivity index (χ4n) is 4.15. The van der Waals surface area contributed by atoms with Crippen molar-refractivity contribution in [2.45, 2.75) is 70.4 Å². The smallest absolute Gasteiger partial charge is 0.475 e. The van der Waals surface area contributed by atoms with Crippen LogP contribution in [0.3, 0.4) is 0 Å². The van der Waals surface area contributed by atoms with Crippen LogP contribution in [0.25, 0.3) is 0 Å². The average molecular weight is 561 g/mol. The van der Waals surface area contributed by atoms with Crippen LogP contribution in [0.4, 0.5) is 13.2 Å². The highest BCUT2D eigenvalue weighted by Gasteiger charge is 2.40. The van der Waals surface area contributed by atoms with E-state index in [1.807, 2.05) is 26.0 Å². The molecule has 1 heterocycles. The number of aliphatic carboxylic acids is 1. The molecule has 1 aromatic rings. The van der Waals surface area contributed by atoms with Gasteiger partial charge < -0.3 is 26.0 Å². The molecule has 0 spiro atoms. The van der Waals surface area contributed by atoms with Crippen molar-refractivity contribution in [3.8, 4) is 0 Å². The lowest BCUT2D eigenvalue weighted by Gasteiger charge is -2.32. The van der Waals surface area contributed by atoms with Crippen LogP contribution in [0.5, 0.6) is 0 Å². The van der Waals surface area contributed by atoms with E-state index in [2.05, 4.69) is 28.1 Å². The first-order valence-corrected chi connectivity index (χ1v) is 13.5. The molecular weight excluding hydrogens is 525 g/mol. The Morgan fingerprint density at radius 2 is 1.76 bits per heavy atom. The summed E-state index contributed by atoms with van der Waals surface area (Å²) in [6.07, 6.45) is -2.11. The molecule has 1 aliphatic heterocycles. The van der Waals surface area contributed by atoms with Crippen LogP contribution in [0.1, 0.15) is 50.8 Å². The van der Waals surface area contributed by atoms with E-state index in [1.165, 1.54) is 11.1 Å². The number of halogens is 3. The number of carboxylic acid groups (broad SMARTS) is 1. The highest BCUT2D eigenvalue weighted by Crippen LogP contribution is 2.30. The first-order chi connectivity index (χ1) is 17.8. The molecule has 9 nitrogen and oxygen atoms in total. The molecule has 13 heteroatoms. The number of carbonyl (C=O) groups is 4. The van der Waals surface area contributed by atoms with Crippen LogP contribution >= 0.6 is 11.8 Å². The zero-order valence-electron chi connectivity index (χ0n) is 21.8. The van der Waals surface area contributed by atoms with Gasteiger partial charge in [-0.05, 0) is 50.3 Å². The van der Waals surface area contributed by atoms with Gasteiger partial charge in [0.25, 0.3) is 0 Å². The van der Waals surface area contributed by atoms with Crippen LogP contribution in [0, 0.1) is 5.92 Å². The lowest BCUT2D eigenvalue weighted by atomic mass is 9.87. The van der Waals surface area contributed by atoms with Gasteiger partial charge in [0.1, 0.15) is 12.1 Å². The molecule has 212 valence electrons. The molecule has 1 aromatic carbocycles. The highest BCUT2D eigenvalue weighted by atomic mass is 32.2. The van der Waals surface area contributed by atoms with Crippen LogP contribution in [-0.2, 0) is 25.6 Å². The second-order valence-electron chi connectivity index (χ2n) is 9.52. The second kappa shape index (κ2) is 13.8. The van der Waals surface area contributed by atoms with E-state index in [0.29, 0.717) is 11.6 Å². The summed E-state index contributed by atoms with van der Waals surface area (Å²) in [7, 11) is 1.71. The predicted octanol–water partition coefficient (Wildman–Crippen LogP) is 2.46. The van der Waals surface area contributed by atoms with Crippen molar-refractivity contribution in [1.82, 2.24) is 20.9 Å². The third-order valence-electron chi connectivity index (χ3n) is 6.45. The van der Waals surface area contributed by atoms with Crippen molar-refractivity contribution in [3.05, 3.63) is 35.4 Å². The summed E-state index contributed by atoms with van der Waals surface area (Å²) < 4.78 is 31.7. The zero-order chi connectivity index (χ0) is 28.6. The van der Waals surface area contributed by atoms with Crippen molar-refractivity contribution in [2.75, 3.05) is 18.7 Å². The van der Waals surface area contributed by atoms with E-state index < -0.39 is 30.3 Å². The molecule has 0 saturated carbocycles. The Morgan fingerprint density at radius 3 is 2.34 bits per heavy atom. The minimum absolute atomic E-state index is 0.0166. The number of carboxylic acids is 1. The van der Waals surface area contributed by atoms with E-state index >= 15 is 0 Å². The Hall–Kier alpha value is -2.80. The van der Waals surface area contributed by atoms with E-state index in [1.54, 1.807) is 30.6 Å². The Bertz CT molecular complexity index is 1010. The van der Waals surface area contributed by atoms with Gasteiger partial charge in [-0.1, -0.05) is 38.1 Å². The first-order valence-electron chi connectivity index (χ1n) is 12.3. The summed E-state index contributed by atoms with van der Waals surface area (Å²) in [6.45, 7) is 5.56. The number of nitrogens with one attached hydrogen (secondary N) is 3. The van der Waals surface area contributed by atoms with E-state index in [4.69, 9.17) is 9.90 Å². The SMILES string of the molecule is CN[C@@H](C)C(=O)N[C@H](C(=O)N1CSC[C@H]1C(=O)NC1CCCc2ccccc21)C(C)C.O=C(O)C(F)(F)F. The molecule has 2 aliphatic rings. The van der Waals surface area contributed by atoms with Crippen LogP contribution in [0.2, 0.25) is 0 Å². The summed E-state index contributed by atoms with van der Waals surface area (Å²) >= 11 is 1.57. The third-order valence-corrected chi connectivity index (χ3v) is 7.47. The Morgan fingerprint density at radius 1 is 1.13 bits per heavy atom. The molecule has 4 atom stereocenters. The molecule has 0 bridgehead atoms. The summed E-state index contributed by atoms with van der Waals surface area (Å²) in [4.78, 5) is 49.4. The van der Waals surface area contributed by atoms with Crippen molar-refractivity contribution >= 4 is 35.5 Å². The van der Waals surface area contributed by atoms with Crippen molar-refractivity contribution in [3.63, 3.8) is 0 Å². The lowest BCUT2D eigenvalue weighted by Crippen LogP contribution is -2.57. The van der Waals surface area contributed by atoms with Gasteiger partial charge in [-0.3, -0.25) is 14.4 Å². The van der Waals surface area contributed by atoms with Gasteiger partial charge in [-0.2, -0.15) is 13.2 Å². The number of amides is 3. The van der Waals surface area contributed by atoms with Gasteiger partial charge >= 0.3 is 12.1 Å². The number of likely N-dealkylation sites (N-methyl/N-ethyl adjacent to an activating group) is 1. The number of thioether (sulfide) groups is 1. The van der Waals surface area contributed by atoms with Crippen LogP contribution in [0.15, 0.2) is 24.3 Å². The number of nitrogens with zero attached hydrogens (tertiary/aromatic N) is 1. The maximum atomic E-state index is 13.3. The summed E-state index contributed by atoms with van der Waals surface area (Å²) in [6, 6.07) is 6.65. The molecule has 1 fully saturated rings. The number of carbonyl (C=O) groups excluding carboxylic acids is 3. The number of alkyl halides is 3. The molecule has 4 N–H and O–H groups in total. The fourth-order valence-corrected chi connectivity index (χ4v) is 5.31. The number of fused-ring (bicyclic) bond motifs is 1. The summed E-state index contributed by atoms with van der Waals surface area (Å²) in [5, 5.41) is 16.1. The van der Waals surface area contributed by atoms with Crippen LogP contribution < -0.4 is 16.0 Å². The number of hydrogen-bond acceptors (Lipinski definition) is 6. The Balaban J connectivity index is 0.000000638. The Kier molecular flexibility index (Phi) is 11.4. The minimum Gasteiger partial charge on any atom is -0.475 e. The molecule has 1 saturated heterocycles. The van der Waals surface area contributed by atoms with Gasteiger partial charge in [0.2, 0.25) is 17.7 Å². The average Bonchev–Trinajstić information content (AvgIpc) is 3.36. The molecule has 0 radical (unpaired) electrons. The molecule has 38 heavy (non-hydrogen) atoms. The van der Waals surface area contributed by atoms with E-state index in [-0.39, 0.29) is 29.7 Å². The van der Waals surface area contributed by atoms with E-state index in [9.17, 15) is 27.6 Å². The minimum atomic E-state index is -5.08. The molecular formula is C25H35F3N4O5S. The van der Waals surface area contributed by atoms with Gasteiger partial charge in [-0.25, -0.2) is 4.79 Å². The molecule has 0 aromatic heterocycles. The number of aryl methyl sites for hydroxylation is 1. The number of benzene rings is 1. The summed E-state index contributed by atoms with van der Waals surface area (Å²) in [5.74, 6) is -2.34. The highest BCUT2D eigenvalue weighted by molar-refractivity contribution is 7.99. The van der Waals surface area contributed by atoms with Gasteiger partial charge in [-0.15, -0.1) is 11.8 Å². The topological polar surface area (TPSA) is 128 Å². The maximum Gasteiger partial charge on any atom is 0.490 e. The maximum absolute atomic E-state index is 13.3. The number of hydrogen-bond donors (Lipinski definition) is 4. The molecule has 3 rings (SSSR count). The zero-order valence-corrected chi connectivity index (χ0v) is 22.6. The number of rotatable bonds is 7. The standard InChI is InChI=1S/C23H34N4O3S.C2HF3O2/c1-14(2)20(26-21(28)15(3)24-4)23(30)27-13-31-12-19(27)22(29)25-18-11-7-9-16-8-5-6-10-17(16)18;3-2(4,5)1(6)7/h5-6,8,10,14-15,18-20,24H,7,9,11-13H2,1-4H3,(H,25,29)(H,26,28);(H,6,7)/t15-,18?,19-,20-;/m0./s1. The normalized spacial score (nSPS) is 20.5. The quantitative estimate of drug-likeness (QED) is 0.404. The second-order valence-corrected chi connectivity index (χ2v) is 10.5. The van der Waals surface area contributed by atoms with Crippen molar-refractivity contribution in [2.24, 2.45) is 5.92 Å². The molecule has 3 amide bonds. The monoisotopic (exact) mass is 560 g/mol. The van der Waals surface area contributed by atoms with Crippen molar-refractivity contribution < 1.29 is 37.5 Å². The lowest BCUT2D eigenvalue weighted by molar-refractivity contribution is -0.192. The summed E-state index contributed by atoms with van der Waals surface area (Å²) in [5.41, 5.74) is 2.47. The molecule has 1 unspecified atom stereocenters. The van der Waals surface area contributed by atoms with Crippen LogP contribution in [-0.4, -0.2) is 76.7 Å². The fraction of sp³-hybridized carbons (Fsp3) is 0.600. The Labute approximate surface area is 224 Å². The van der Waals surface area contributed by atoms with Crippen molar-refractivity contribution in [1.29, 1.82) is 0 Å².